The average molecular weight is 417 g/mol. The fourth-order valence-electron chi connectivity index (χ4n) is 3.13. The first-order valence-corrected chi connectivity index (χ1v) is 10.4. The van der Waals surface area contributed by atoms with E-state index in [1.807, 2.05) is 72.8 Å². The van der Waals surface area contributed by atoms with Gasteiger partial charge in [-0.3, -0.25) is 4.79 Å². The van der Waals surface area contributed by atoms with Crippen molar-refractivity contribution in [3.05, 3.63) is 83.4 Å². The van der Waals surface area contributed by atoms with Crippen LogP contribution in [0.25, 0.3) is 21.3 Å². The zero-order chi connectivity index (χ0) is 21.1. The van der Waals surface area contributed by atoms with Crippen LogP contribution in [0.4, 0.5) is 5.69 Å². The van der Waals surface area contributed by atoms with Crippen molar-refractivity contribution in [3.63, 3.8) is 0 Å². The van der Waals surface area contributed by atoms with Gasteiger partial charge < -0.3 is 10.1 Å². The molecule has 1 heterocycles. The molecular formula is C24H20N2O3S. The number of hydrogen-bond acceptors (Lipinski definition) is 5. The summed E-state index contributed by atoms with van der Waals surface area (Å²) in [5, 5.41) is 5.55. The molecule has 0 fully saturated rings. The number of carbonyl (C=O) groups is 2. The van der Waals surface area contributed by atoms with E-state index in [4.69, 9.17) is 4.74 Å². The molecule has 6 heteroatoms. The van der Waals surface area contributed by atoms with Gasteiger partial charge in [-0.25, -0.2) is 9.78 Å². The number of fused-ring (bicyclic) bond motifs is 1. The third-order valence-corrected chi connectivity index (χ3v) is 5.89. The summed E-state index contributed by atoms with van der Waals surface area (Å²) < 4.78 is 5.43. The minimum absolute atomic E-state index is 0.384. The molecule has 0 unspecified atom stereocenters. The van der Waals surface area contributed by atoms with Crippen molar-refractivity contribution in [2.75, 3.05) is 5.32 Å². The van der Waals surface area contributed by atoms with E-state index < -0.39 is 12.1 Å². The number of hydrogen-bond donors (Lipinski definition) is 1. The zero-order valence-corrected chi connectivity index (χ0v) is 17.4. The molecule has 0 aliphatic rings. The number of amides is 1. The summed E-state index contributed by atoms with van der Waals surface area (Å²) in [5.74, 6) is -0.932. The van der Waals surface area contributed by atoms with Gasteiger partial charge in [-0.1, -0.05) is 66.7 Å². The molecular weight excluding hydrogens is 396 g/mol. The molecule has 1 amide bonds. The molecule has 150 valence electrons. The van der Waals surface area contributed by atoms with Gasteiger partial charge >= 0.3 is 5.97 Å². The Morgan fingerprint density at radius 3 is 2.47 bits per heavy atom. The van der Waals surface area contributed by atoms with Crippen molar-refractivity contribution in [1.29, 1.82) is 0 Å². The van der Waals surface area contributed by atoms with E-state index >= 15 is 0 Å². The molecule has 1 aromatic heterocycles. The lowest BCUT2D eigenvalue weighted by Crippen LogP contribution is -2.30. The summed E-state index contributed by atoms with van der Waals surface area (Å²) in [5.41, 5.74) is 2.21. The van der Waals surface area contributed by atoms with Crippen LogP contribution in [-0.2, 0) is 9.53 Å². The lowest BCUT2D eigenvalue weighted by molar-refractivity contribution is -0.123. The third-order valence-electron chi connectivity index (χ3n) is 4.70. The largest absolute Gasteiger partial charge is 0.448 e. The molecule has 5 nitrogen and oxygen atoms in total. The Morgan fingerprint density at radius 1 is 0.967 bits per heavy atom. The normalized spacial score (nSPS) is 11.8. The maximum absolute atomic E-state index is 12.7. The smallest absolute Gasteiger partial charge is 0.351 e. The van der Waals surface area contributed by atoms with Crippen LogP contribution in [-0.4, -0.2) is 23.0 Å². The SMILES string of the molecule is Cc1nc(-c2ccccc2)sc1C(=O)O[C@@H](C)C(=O)Nc1cccc2ccccc12. The summed E-state index contributed by atoms with van der Waals surface area (Å²) in [6.07, 6.45) is -0.946. The van der Waals surface area contributed by atoms with Crippen molar-refractivity contribution in [3.8, 4) is 10.6 Å². The number of aryl methyl sites for hydroxylation is 1. The monoisotopic (exact) mass is 416 g/mol. The number of esters is 1. The van der Waals surface area contributed by atoms with E-state index in [-0.39, 0.29) is 5.91 Å². The van der Waals surface area contributed by atoms with Crippen molar-refractivity contribution >= 4 is 39.7 Å². The molecule has 0 radical (unpaired) electrons. The number of thiazole rings is 1. The molecule has 0 saturated carbocycles. The minimum Gasteiger partial charge on any atom is -0.448 e. The Labute approximate surface area is 178 Å². The molecule has 3 aromatic carbocycles. The van der Waals surface area contributed by atoms with Gasteiger partial charge in [0.05, 0.1) is 5.69 Å². The highest BCUT2D eigenvalue weighted by atomic mass is 32.1. The summed E-state index contributed by atoms with van der Waals surface area (Å²) >= 11 is 1.26. The van der Waals surface area contributed by atoms with Gasteiger partial charge in [0.25, 0.3) is 5.91 Å². The number of nitrogens with one attached hydrogen (secondary N) is 1. The second kappa shape index (κ2) is 8.47. The Bertz CT molecular complexity index is 1210. The van der Waals surface area contributed by atoms with Gasteiger partial charge in [0.2, 0.25) is 0 Å². The van der Waals surface area contributed by atoms with Crippen LogP contribution >= 0.6 is 11.3 Å². The predicted octanol–water partition coefficient (Wildman–Crippen LogP) is 5.46. The van der Waals surface area contributed by atoms with Crippen LogP contribution in [0.2, 0.25) is 0 Å². The Morgan fingerprint density at radius 2 is 1.67 bits per heavy atom. The van der Waals surface area contributed by atoms with Gasteiger partial charge in [0.1, 0.15) is 9.88 Å². The van der Waals surface area contributed by atoms with E-state index in [1.54, 1.807) is 13.8 Å². The van der Waals surface area contributed by atoms with Crippen LogP contribution in [0.5, 0.6) is 0 Å². The summed E-state index contributed by atoms with van der Waals surface area (Å²) in [6, 6.07) is 23.1. The molecule has 30 heavy (non-hydrogen) atoms. The quantitative estimate of drug-likeness (QED) is 0.439. The number of anilines is 1. The molecule has 4 rings (SSSR count). The van der Waals surface area contributed by atoms with Gasteiger partial charge in [0, 0.05) is 16.6 Å². The highest BCUT2D eigenvalue weighted by molar-refractivity contribution is 7.17. The Kier molecular flexibility index (Phi) is 5.59. The third kappa shape index (κ3) is 4.09. The zero-order valence-electron chi connectivity index (χ0n) is 16.6. The molecule has 0 aliphatic heterocycles. The lowest BCUT2D eigenvalue weighted by Gasteiger charge is -2.14. The van der Waals surface area contributed by atoms with Crippen LogP contribution in [0.15, 0.2) is 72.8 Å². The van der Waals surface area contributed by atoms with Gasteiger partial charge in [-0.05, 0) is 25.3 Å². The van der Waals surface area contributed by atoms with Gasteiger partial charge in [-0.2, -0.15) is 0 Å². The highest BCUT2D eigenvalue weighted by Gasteiger charge is 2.23. The summed E-state index contributed by atoms with van der Waals surface area (Å²) in [6.45, 7) is 3.33. The fourth-order valence-corrected chi connectivity index (χ4v) is 4.08. The first kappa shape index (κ1) is 19.8. The van der Waals surface area contributed by atoms with E-state index in [0.717, 1.165) is 21.3 Å². The van der Waals surface area contributed by atoms with E-state index in [9.17, 15) is 9.59 Å². The molecule has 0 bridgehead atoms. The number of aromatic nitrogens is 1. The molecule has 0 aliphatic carbocycles. The molecule has 1 atom stereocenters. The van der Waals surface area contributed by atoms with Crippen LogP contribution in [0, 0.1) is 6.92 Å². The maximum Gasteiger partial charge on any atom is 0.351 e. The number of ether oxygens (including phenoxy) is 1. The number of benzene rings is 3. The van der Waals surface area contributed by atoms with Gasteiger partial charge in [0.15, 0.2) is 6.10 Å². The van der Waals surface area contributed by atoms with Crippen molar-refractivity contribution in [2.45, 2.75) is 20.0 Å². The summed E-state index contributed by atoms with van der Waals surface area (Å²) in [4.78, 5) is 30.2. The Hall–Kier alpha value is -3.51. The predicted molar refractivity (Wildman–Crippen MR) is 120 cm³/mol. The second-order valence-corrected chi connectivity index (χ2v) is 7.86. The van der Waals surface area contributed by atoms with Crippen molar-refractivity contribution in [1.82, 2.24) is 4.98 Å². The van der Waals surface area contributed by atoms with Crippen molar-refractivity contribution in [2.24, 2.45) is 0 Å². The first-order chi connectivity index (χ1) is 14.5. The number of nitrogens with zero attached hydrogens (tertiary/aromatic N) is 1. The van der Waals surface area contributed by atoms with E-state index in [0.29, 0.717) is 16.3 Å². The number of rotatable bonds is 5. The average Bonchev–Trinajstić information content (AvgIpc) is 3.16. The van der Waals surface area contributed by atoms with Crippen LogP contribution < -0.4 is 5.32 Å². The lowest BCUT2D eigenvalue weighted by atomic mass is 10.1. The topological polar surface area (TPSA) is 68.3 Å². The molecule has 0 spiro atoms. The Balaban J connectivity index is 1.47. The second-order valence-electron chi connectivity index (χ2n) is 6.86. The van der Waals surface area contributed by atoms with Crippen LogP contribution in [0.1, 0.15) is 22.3 Å². The fraction of sp³-hybridized carbons (Fsp3) is 0.125. The standard InChI is InChI=1S/C24H20N2O3S/c1-15-21(30-23(25-15)18-10-4-3-5-11-18)24(28)29-16(2)22(27)26-20-14-8-12-17-9-6-7-13-19(17)20/h3-14,16H,1-2H3,(H,26,27)/t16-/m0/s1. The van der Waals surface area contributed by atoms with E-state index in [1.165, 1.54) is 11.3 Å². The van der Waals surface area contributed by atoms with Gasteiger partial charge in [-0.15, -0.1) is 11.3 Å². The maximum atomic E-state index is 12.7. The number of carbonyl (C=O) groups excluding carboxylic acids is 2. The molecule has 0 saturated heterocycles. The van der Waals surface area contributed by atoms with E-state index in [2.05, 4.69) is 10.3 Å². The minimum atomic E-state index is -0.946. The molecule has 4 aromatic rings. The highest BCUT2D eigenvalue weighted by Crippen LogP contribution is 2.28. The van der Waals surface area contributed by atoms with Crippen LogP contribution in [0.3, 0.4) is 0 Å². The molecule has 1 N–H and O–H groups in total. The summed E-state index contributed by atoms with van der Waals surface area (Å²) in [7, 11) is 0. The van der Waals surface area contributed by atoms with Crippen molar-refractivity contribution < 1.29 is 14.3 Å². The first-order valence-electron chi connectivity index (χ1n) is 9.55.